The van der Waals surface area contributed by atoms with E-state index in [1.54, 1.807) is 6.20 Å². The van der Waals surface area contributed by atoms with Gasteiger partial charge < -0.3 is 9.52 Å². The van der Waals surface area contributed by atoms with E-state index in [0.717, 1.165) is 78.0 Å². The predicted octanol–water partition coefficient (Wildman–Crippen LogP) is 11.3. The molecular formula is C42H33N3O2. The Labute approximate surface area is 273 Å². The third kappa shape index (κ3) is 4.97. The van der Waals surface area contributed by atoms with Crippen molar-refractivity contribution in [1.82, 2.24) is 9.97 Å². The number of hydrogen-bond donors (Lipinski definition) is 1. The number of phenolic OH excluding ortho intramolecular Hbond substituents is 1. The van der Waals surface area contributed by atoms with Crippen molar-refractivity contribution in [2.45, 2.75) is 26.2 Å². The van der Waals surface area contributed by atoms with E-state index in [-0.39, 0.29) is 5.41 Å². The van der Waals surface area contributed by atoms with Crippen LogP contribution in [-0.2, 0) is 5.41 Å². The van der Waals surface area contributed by atoms with E-state index in [4.69, 9.17) is 14.4 Å². The Kier molecular flexibility index (Phi) is 6.76. The molecule has 0 aliphatic heterocycles. The van der Waals surface area contributed by atoms with E-state index in [9.17, 15) is 5.11 Å². The lowest BCUT2D eigenvalue weighted by Crippen LogP contribution is -2.13. The van der Waals surface area contributed by atoms with E-state index in [0.29, 0.717) is 5.75 Å². The van der Waals surface area contributed by atoms with Crippen LogP contribution in [0.25, 0.3) is 55.1 Å². The van der Waals surface area contributed by atoms with Gasteiger partial charge in [-0.2, -0.15) is 0 Å². The van der Waals surface area contributed by atoms with Crippen LogP contribution in [-0.4, -0.2) is 15.1 Å². The molecule has 0 atom stereocenters. The van der Waals surface area contributed by atoms with Crippen molar-refractivity contribution < 1.29 is 9.52 Å². The van der Waals surface area contributed by atoms with Crippen molar-refractivity contribution in [3.8, 4) is 28.1 Å². The number of aromatic nitrogens is 2. The summed E-state index contributed by atoms with van der Waals surface area (Å²) in [6.45, 7) is 6.36. The number of nitrogens with zero attached hydrogens (tertiary/aromatic N) is 3. The first kappa shape index (κ1) is 28.5. The maximum absolute atomic E-state index is 11.6. The number of anilines is 3. The fourth-order valence-electron chi connectivity index (χ4n) is 6.55. The van der Waals surface area contributed by atoms with Crippen LogP contribution < -0.4 is 4.90 Å². The minimum absolute atomic E-state index is 0.207. The Hall–Kier alpha value is -5.94. The summed E-state index contributed by atoms with van der Waals surface area (Å²) in [6, 6.07) is 44.8. The second-order valence-corrected chi connectivity index (χ2v) is 12.8. The predicted molar refractivity (Wildman–Crippen MR) is 193 cm³/mol. The van der Waals surface area contributed by atoms with Gasteiger partial charge in [0.25, 0.3) is 0 Å². The second-order valence-electron chi connectivity index (χ2n) is 12.8. The van der Waals surface area contributed by atoms with Gasteiger partial charge in [-0.25, -0.2) is 9.97 Å². The fourth-order valence-corrected chi connectivity index (χ4v) is 6.55. The third-order valence-electron chi connectivity index (χ3n) is 8.76. The average molecular weight is 612 g/mol. The van der Waals surface area contributed by atoms with Crippen LogP contribution >= 0.6 is 0 Å². The Morgan fingerprint density at radius 2 is 1.36 bits per heavy atom. The zero-order valence-electron chi connectivity index (χ0n) is 26.5. The molecule has 0 aliphatic carbocycles. The number of rotatable bonds is 5. The minimum atomic E-state index is -0.207. The summed E-state index contributed by atoms with van der Waals surface area (Å²) in [5, 5.41) is 15.8. The molecule has 5 aromatic carbocycles. The topological polar surface area (TPSA) is 62.4 Å². The normalized spacial score (nSPS) is 11.8. The largest absolute Gasteiger partial charge is 0.507 e. The molecule has 8 rings (SSSR count). The Morgan fingerprint density at radius 3 is 2.19 bits per heavy atom. The summed E-state index contributed by atoms with van der Waals surface area (Å²) >= 11 is 0. The molecule has 5 heteroatoms. The number of furan rings is 1. The maximum atomic E-state index is 11.6. The van der Waals surface area contributed by atoms with Crippen LogP contribution in [0.1, 0.15) is 26.3 Å². The molecule has 0 amide bonds. The number of pyridine rings is 2. The molecule has 1 N–H and O–H groups in total. The molecule has 0 aliphatic rings. The molecule has 0 spiro atoms. The highest BCUT2D eigenvalue weighted by molar-refractivity contribution is 6.13. The maximum Gasteiger partial charge on any atom is 0.139 e. The zero-order valence-corrected chi connectivity index (χ0v) is 26.5. The molecule has 0 saturated heterocycles. The number of fused-ring (bicyclic) bond motifs is 4. The van der Waals surface area contributed by atoms with Gasteiger partial charge in [-0.3, -0.25) is 4.90 Å². The average Bonchev–Trinajstić information content (AvgIpc) is 3.48. The van der Waals surface area contributed by atoms with Crippen molar-refractivity contribution in [3.63, 3.8) is 0 Å². The second kappa shape index (κ2) is 11.1. The number of phenols is 1. The summed E-state index contributed by atoms with van der Waals surface area (Å²) in [4.78, 5) is 12.1. The number of aromatic hydroxyl groups is 1. The van der Waals surface area contributed by atoms with Crippen molar-refractivity contribution in [3.05, 3.63) is 145 Å². The van der Waals surface area contributed by atoms with Crippen LogP contribution in [0.2, 0.25) is 0 Å². The van der Waals surface area contributed by atoms with Crippen LogP contribution in [0.5, 0.6) is 5.75 Å². The van der Waals surface area contributed by atoms with Crippen molar-refractivity contribution >= 4 is 50.0 Å². The van der Waals surface area contributed by atoms with Crippen LogP contribution in [0, 0.1) is 0 Å². The first-order chi connectivity index (χ1) is 22.9. The smallest absolute Gasteiger partial charge is 0.139 e. The van der Waals surface area contributed by atoms with Crippen LogP contribution in [0.3, 0.4) is 0 Å². The van der Waals surface area contributed by atoms with Gasteiger partial charge in [0.15, 0.2) is 0 Å². The standard InChI is InChI=1S/C42H33N3O2/c1-42(2,3)33-17-10-16-30(41(33)46)32-26-28(25-27-13-4-5-14-29(27)32)34-18-11-23-39(44-34)45(38-22-8-9-24-43-38)35-19-12-21-37-40(35)31-15-6-7-20-36(31)47-37/h4-26,46H,1-3H3. The molecule has 228 valence electrons. The molecule has 3 aromatic heterocycles. The number of para-hydroxylation sites is 2. The van der Waals surface area contributed by atoms with Gasteiger partial charge in [0.1, 0.15) is 28.6 Å². The molecule has 5 nitrogen and oxygen atoms in total. The van der Waals surface area contributed by atoms with Crippen molar-refractivity contribution in [2.75, 3.05) is 4.90 Å². The van der Waals surface area contributed by atoms with Gasteiger partial charge in [-0.05, 0) is 81.9 Å². The van der Waals surface area contributed by atoms with Crippen molar-refractivity contribution in [1.29, 1.82) is 0 Å². The summed E-state index contributed by atoms with van der Waals surface area (Å²) in [5.74, 6) is 1.79. The van der Waals surface area contributed by atoms with E-state index >= 15 is 0 Å². The SMILES string of the molecule is CC(C)(C)c1cccc(-c2cc(-c3cccc(N(c4ccccn4)c4cccc5oc6ccccc6c45)n3)cc3ccccc23)c1O. The summed E-state index contributed by atoms with van der Waals surface area (Å²) in [5.41, 5.74) is 6.81. The Morgan fingerprint density at radius 1 is 0.638 bits per heavy atom. The summed E-state index contributed by atoms with van der Waals surface area (Å²) in [6.07, 6.45) is 1.80. The highest BCUT2D eigenvalue weighted by Gasteiger charge is 2.23. The molecule has 0 fully saturated rings. The van der Waals surface area contributed by atoms with Crippen LogP contribution in [0.15, 0.2) is 144 Å². The first-order valence-electron chi connectivity index (χ1n) is 15.8. The number of hydrogen-bond acceptors (Lipinski definition) is 5. The molecule has 0 radical (unpaired) electrons. The quantitative estimate of drug-likeness (QED) is 0.210. The summed E-state index contributed by atoms with van der Waals surface area (Å²) < 4.78 is 6.26. The van der Waals surface area contributed by atoms with Gasteiger partial charge in [0.2, 0.25) is 0 Å². The monoisotopic (exact) mass is 611 g/mol. The molecule has 47 heavy (non-hydrogen) atoms. The molecule has 3 heterocycles. The molecule has 0 saturated carbocycles. The van der Waals surface area contributed by atoms with Gasteiger partial charge >= 0.3 is 0 Å². The Balaban J connectivity index is 1.33. The lowest BCUT2D eigenvalue weighted by Gasteiger charge is -2.24. The summed E-state index contributed by atoms with van der Waals surface area (Å²) in [7, 11) is 0. The Bertz CT molecular complexity index is 2420. The highest BCUT2D eigenvalue weighted by atomic mass is 16.3. The van der Waals surface area contributed by atoms with E-state index < -0.39 is 0 Å². The van der Waals surface area contributed by atoms with E-state index in [1.165, 1.54) is 0 Å². The highest BCUT2D eigenvalue weighted by Crippen LogP contribution is 2.44. The van der Waals surface area contributed by atoms with Crippen molar-refractivity contribution in [2.24, 2.45) is 0 Å². The lowest BCUT2D eigenvalue weighted by molar-refractivity contribution is 0.448. The van der Waals surface area contributed by atoms with E-state index in [2.05, 4.69) is 62.1 Å². The fraction of sp³-hybridized carbons (Fsp3) is 0.0952. The molecule has 0 bridgehead atoms. The zero-order chi connectivity index (χ0) is 32.1. The third-order valence-corrected chi connectivity index (χ3v) is 8.76. The van der Waals surface area contributed by atoms with Gasteiger partial charge in [0, 0.05) is 22.7 Å². The minimum Gasteiger partial charge on any atom is -0.507 e. The van der Waals surface area contributed by atoms with Gasteiger partial charge in [0.05, 0.1) is 16.8 Å². The number of benzene rings is 5. The molecule has 0 unspecified atom stereocenters. The van der Waals surface area contributed by atoms with E-state index in [1.807, 2.05) is 97.1 Å². The molecule has 8 aromatic rings. The first-order valence-corrected chi connectivity index (χ1v) is 15.8. The van der Waals surface area contributed by atoms with Gasteiger partial charge in [-0.15, -0.1) is 0 Å². The van der Waals surface area contributed by atoms with Gasteiger partial charge in [-0.1, -0.05) is 99.6 Å². The lowest BCUT2D eigenvalue weighted by atomic mass is 9.83. The molecular weight excluding hydrogens is 578 g/mol. The van der Waals surface area contributed by atoms with Crippen LogP contribution in [0.4, 0.5) is 17.3 Å².